The van der Waals surface area contributed by atoms with Crippen LogP contribution in [0.5, 0.6) is 0 Å². The molecular formula is C14H17N3O4. The first-order chi connectivity index (χ1) is 10.0. The SMILES string of the molecule is CCc1c(CC)n2ncnc2c(=C(O)CCC(=O)O)c1=O. The zero-order valence-electron chi connectivity index (χ0n) is 12.0. The Hall–Kier alpha value is -2.44. The topological polar surface area (TPSA) is 105 Å². The molecule has 112 valence electrons. The van der Waals surface area contributed by atoms with E-state index >= 15 is 0 Å². The Bertz CT molecular complexity index is 795. The van der Waals surface area contributed by atoms with Gasteiger partial charge in [0, 0.05) is 12.0 Å². The molecule has 0 bridgehead atoms. The van der Waals surface area contributed by atoms with Gasteiger partial charge in [-0.15, -0.1) is 0 Å². The Balaban J connectivity index is 2.83. The molecule has 0 spiro atoms. The van der Waals surface area contributed by atoms with Gasteiger partial charge in [0.25, 0.3) is 0 Å². The van der Waals surface area contributed by atoms with Gasteiger partial charge in [-0.1, -0.05) is 13.8 Å². The van der Waals surface area contributed by atoms with E-state index < -0.39 is 5.97 Å². The Morgan fingerprint density at radius 2 is 1.95 bits per heavy atom. The van der Waals surface area contributed by atoms with E-state index in [0.29, 0.717) is 18.4 Å². The summed E-state index contributed by atoms with van der Waals surface area (Å²) < 4.78 is 1.55. The molecule has 7 nitrogen and oxygen atoms in total. The van der Waals surface area contributed by atoms with Crippen molar-refractivity contribution in [3.63, 3.8) is 0 Å². The standard InChI is InChI=1S/C14H17N3O4/c1-3-8-9(4-2)17-14(15-7-16-17)12(13(8)21)10(18)5-6-11(19)20/h7,18H,3-6H2,1-2H3,(H,19,20). The Morgan fingerprint density at radius 1 is 1.24 bits per heavy atom. The van der Waals surface area contributed by atoms with Gasteiger partial charge in [-0.3, -0.25) is 9.59 Å². The number of hydrogen-bond donors (Lipinski definition) is 2. The predicted octanol–water partition coefficient (Wildman–Crippen LogP) is 0.464. The van der Waals surface area contributed by atoms with Gasteiger partial charge in [0.2, 0.25) is 0 Å². The molecule has 0 atom stereocenters. The molecule has 0 aliphatic carbocycles. The summed E-state index contributed by atoms with van der Waals surface area (Å²) in [5, 5.41) is 23.0. The number of carboxylic acid groups (broad SMARTS) is 1. The molecule has 2 heterocycles. The number of aliphatic carboxylic acids is 1. The summed E-state index contributed by atoms with van der Waals surface area (Å²) >= 11 is 0. The summed E-state index contributed by atoms with van der Waals surface area (Å²) in [6.45, 7) is 3.78. The minimum atomic E-state index is -1.03. The van der Waals surface area contributed by atoms with Crippen LogP contribution in [0.2, 0.25) is 0 Å². The third-order valence-corrected chi connectivity index (χ3v) is 3.43. The second kappa shape index (κ2) is 5.90. The van der Waals surface area contributed by atoms with Gasteiger partial charge in [-0.25, -0.2) is 9.50 Å². The van der Waals surface area contributed by atoms with E-state index in [-0.39, 0.29) is 34.9 Å². The van der Waals surface area contributed by atoms with Crippen molar-refractivity contribution in [1.82, 2.24) is 14.6 Å². The molecule has 2 N–H and O–H groups in total. The normalized spacial score (nSPS) is 12.7. The fourth-order valence-electron chi connectivity index (χ4n) is 2.46. The highest BCUT2D eigenvalue weighted by Gasteiger charge is 2.16. The van der Waals surface area contributed by atoms with Crippen LogP contribution in [0.15, 0.2) is 11.1 Å². The minimum Gasteiger partial charge on any atom is -0.511 e. The van der Waals surface area contributed by atoms with Crippen LogP contribution in [0.3, 0.4) is 0 Å². The second-order valence-electron chi connectivity index (χ2n) is 4.67. The monoisotopic (exact) mass is 291 g/mol. The van der Waals surface area contributed by atoms with Crippen molar-refractivity contribution in [3.8, 4) is 0 Å². The van der Waals surface area contributed by atoms with Gasteiger partial charge >= 0.3 is 5.97 Å². The van der Waals surface area contributed by atoms with Crippen LogP contribution in [0.1, 0.15) is 37.9 Å². The van der Waals surface area contributed by atoms with Crippen LogP contribution in [0.25, 0.3) is 11.4 Å². The molecule has 0 aliphatic heterocycles. The van der Waals surface area contributed by atoms with Crippen molar-refractivity contribution in [3.05, 3.63) is 33.0 Å². The number of hydrogen-bond acceptors (Lipinski definition) is 5. The summed E-state index contributed by atoms with van der Waals surface area (Å²) in [5.74, 6) is -1.29. The molecule has 0 saturated carbocycles. The van der Waals surface area contributed by atoms with Crippen LogP contribution in [-0.2, 0) is 17.6 Å². The molecule has 21 heavy (non-hydrogen) atoms. The maximum Gasteiger partial charge on any atom is 0.303 e. The molecule has 2 rings (SSSR count). The Kier molecular flexibility index (Phi) is 4.21. The fourth-order valence-corrected chi connectivity index (χ4v) is 2.46. The molecular weight excluding hydrogens is 274 g/mol. The van der Waals surface area contributed by atoms with E-state index in [0.717, 1.165) is 5.69 Å². The highest BCUT2D eigenvalue weighted by atomic mass is 16.4. The first-order valence-electron chi connectivity index (χ1n) is 6.82. The van der Waals surface area contributed by atoms with Crippen LogP contribution in [0.4, 0.5) is 0 Å². The number of aromatic nitrogens is 3. The van der Waals surface area contributed by atoms with Crippen molar-refractivity contribution in [1.29, 1.82) is 0 Å². The summed E-state index contributed by atoms with van der Waals surface area (Å²) in [5.41, 5.74) is 1.33. The molecule has 0 fully saturated rings. The lowest BCUT2D eigenvalue weighted by atomic mass is 10.1. The van der Waals surface area contributed by atoms with E-state index in [4.69, 9.17) is 5.11 Å². The number of rotatable bonds is 5. The summed E-state index contributed by atoms with van der Waals surface area (Å²) in [6, 6.07) is 0. The average molecular weight is 291 g/mol. The van der Waals surface area contributed by atoms with Gasteiger partial charge in [0.05, 0.1) is 12.1 Å². The molecule has 2 aromatic rings. The highest BCUT2D eigenvalue weighted by molar-refractivity contribution is 5.68. The zero-order valence-corrected chi connectivity index (χ0v) is 12.0. The molecule has 0 unspecified atom stereocenters. The zero-order chi connectivity index (χ0) is 15.6. The molecule has 2 aromatic heterocycles. The summed E-state index contributed by atoms with van der Waals surface area (Å²) in [7, 11) is 0. The number of aryl methyl sites for hydroxylation is 1. The average Bonchev–Trinajstić information content (AvgIpc) is 2.91. The maximum atomic E-state index is 12.6. The van der Waals surface area contributed by atoms with Crippen molar-refractivity contribution < 1.29 is 15.0 Å². The van der Waals surface area contributed by atoms with Crippen LogP contribution >= 0.6 is 0 Å². The Labute approximate surface area is 120 Å². The number of pyridine rings is 1. The summed E-state index contributed by atoms with van der Waals surface area (Å²) in [6.07, 6.45) is 2.09. The van der Waals surface area contributed by atoms with Crippen molar-refractivity contribution >= 4 is 17.4 Å². The van der Waals surface area contributed by atoms with Gasteiger partial charge < -0.3 is 10.2 Å². The molecule has 0 saturated heterocycles. The lowest BCUT2D eigenvalue weighted by Gasteiger charge is -2.08. The predicted molar refractivity (Wildman–Crippen MR) is 76.1 cm³/mol. The number of carboxylic acids is 1. The third kappa shape index (κ3) is 2.58. The van der Waals surface area contributed by atoms with E-state index in [1.807, 2.05) is 13.8 Å². The van der Waals surface area contributed by atoms with E-state index in [1.54, 1.807) is 4.52 Å². The van der Waals surface area contributed by atoms with Gasteiger partial charge in [0.15, 0.2) is 11.1 Å². The largest absolute Gasteiger partial charge is 0.511 e. The quantitative estimate of drug-likeness (QED) is 0.829. The van der Waals surface area contributed by atoms with Crippen molar-refractivity contribution in [2.24, 2.45) is 0 Å². The number of aliphatic hydroxyl groups is 1. The van der Waals surface area contributed by atoms with Crippen LogP contribution < -0.4 is 10.6 Å². The second-order valence-corrected chi connectivity index (χ2v) is 4.67. The molecule has 0 amide bonds. The third-order valence-electron chi connectivity index (χ3n) is 3.43. The smallest absolute Gasteiger partial charge is 0.303 e. The van der Waals surface area contributed by atoms with Crippen LogP contribution in [0, 0.1) is 0 Å². The van der Waals surface area contributed by atoms with Gasteiger partial charge in [-0.05, 0) is 12.8 Å². The minimum absolute atomic E-state index is 0.0581. The van der Waals surface area contributed by atoms with E-state index in [2.05, 4.69) is 10.1 Å². The number of aliphatic hydroxyl groups excluding tert-OH is 1. The van der Waals surface area contributed by atoms with Crippen LogP contribution in [-0.4, -0.2) is 30.8 Å². The molecule has 0 aliphatic rings. The summed E-state index contributed by atoms with van der Waals surface area (Å²) in [4.78, 5) is 27.2. The molecule has 7 heteroatoms. The Morgan fingerprint density at radius 3 is 2.52 bits per heavy atom. The lowest BCUT2D eigenvalue weighted by molar-refractivity contribution is -0.136. The first-order valence-corrected chi connectivity index (χ1v) is 6.82. The maximum absolute atomic E-state index is 12.6. The molecule has 0 radical (unpaired) electrons. The number of nitrogens with zero attached hydrogens (tertiary/aromatic N) is 3. The fraction of sp³-hybridized carbons (Fsp3) is 0.429. The lowest BCUT2D eigenvalue weighted by Crippen LogP contribution is -2.35. The van der Waals surface area contributed by atoms with Gasteiger partial charge in [-0.2, -0.15) is 5.10 Å². The van der Waals surface area contributed by atoms with E-state index in [9.17, 15) is 14.7 Å². The first kappa shape index (κ1) is 15.0. The number of carbonyl (C=O) groups is 1. The van der Waals surface area contributed by atoms with Crippen molar-refractivity contribution in [2.45, 2.75) is 39.5 Å². The highest BCUT2D eigenvalue weighted by Crippen LogP contribution is 2.08. The number of fused-ring (bicyclic) bond motifs is 1. The van der Waals surface area contributed by atoms with E-state index in [1.165, 1.54) is 6.33 Å². The molecule has 0 aromatic carbocycles. The van der Waals surface area contributed by atoms with Crippen molar-refractivity contribution in [2.75, 3.05) is 0 Å². The van der Waals surface area contributed by atoms with Gasteiger partial charge in [0.1, 0.15) is 17.3 Å².